The Kier molecular flexibility index (Phi) is 4.30. The average molecular weight is 212 g/mol. The number of carbonyl (C=O) groups is 2. The molecular weight excluding hydrogens is 196 g/mol. The zero-order valence-electron chi connectivity index (χ0n) is 8.57. The summed E-state index contributed by atoms with van der Waals surface area (Å²) >= 11 is 0. The van der Waals surface area contributed by atoms with Crippen molar-refractivity contribution in [3.8, 4) is 0 Å². The van der Waals surface area contributed by atoms with E-state index in [-0.39, 0.29) is 5.91 Å². The fourth-order valence-corrected chi connectivity index (χ4v) is 1.46. The Balaban J connectivity index is 2.45. The van der Waals surface area contributed by atoms with Crippen LogP contribution in [0.5, 0.6) is 0 Å². The molecule has 5 heteroatoms. The van der Waals surface area contributed by atoms with Crippen LogP contribution < -0.4 is 11.1 Å². The molecule has 3 N–H and O–H groups in total. The van der Waals surface area contributed by atoms with E-state index in [0.29, 0.717) is 19.4 Å². The summed E-state index contributed by atoms with van der Waals surface area (Å²) in [6.45, 7) is 4.10. The number of nitrogens with one attached hydrogen (secondary N) is 1. The summed E-state index contributed by atoms with van der Waals surface area (Å²) in [7, 11) is 0. The normalized spacial score (nSPS) is 22.0. The Bertz CT molecular complexity index is 259. The summed E-state index contributed by atoms with van der Waals surface area (Å²) < 4.78 is 5.18. The van der Waals surface area contributed by atoms with E-state index in [2.05, 4.69) is 11.9 Å². The first kappa shape index (κ1) is 11.7. The van der Waals surface area contributed by atoms with E-state index in [1.54, 1.807) is 6.08 Å². The molecule has 5 nitrogen and oxygen atoms in total. The first-order valence-corrected chi connectivity index (χ1v) is 4.97. The molecule has 1 aliphatic rings. The molecule has 1 fully saturated rings. The van der Waals surface area contributed by atoms with Gasteiger partial charge in [-0.3, -0.25) is 9.59 Å². The van der Waals surface area contributed by atoms with Crippen molar-refractivity contribution in [1.82, 2.24) is 5.32 Å². The minimum atomic E-state index is -0.681. The Labute approximate surface area is 88.7 Å². The van der Waals surface area contributed by atoms with Crippen LogP contribution in [0.4, 0.5) is 0 Å². The second-order valence-electron chi connectivity index (χ2n) is 3.49. The van der Waals surface area contributed by atoms with Crippen LogP contribution >= 0.6 is 0 Å². The largest absolute Gasteiger partial charge is 0.368 e. The summed E-state index contributed by atoms with van der Waals surface area (Å²) in [4.78, 5) is 22.5. The third-order valence-electron chi connectivity index (χ3n) is 2.28. The Hall–Kier alpha value is -1.36. The lowest BCUT2D eigenvalue weighted by Gasteiger charge is -2.16. The number of carbonyl (C=O) groups excluding carboxylic acids is 2. The molecule has 0 saturated carbocycles. The van der Waals surface area contributed by atoms with Crippen molar-refractivity contribution in [2.45, 2.75) is 31.4 Å². The monoisotopic (exact) mass is 212 g/mol. The molecule has 0 spiro atoms. The first-order chi connectivity index (χ1) is 7.15. The van der Waals surface area contributed by atoms with Gasteiger partial charge >= 0.3 is 0 Å². The maximum Gasteiger partial charge on any atom is 0.249 e. The van der Waals surface area contributed by atoms with E-state index in [0.717, 1.165) is 6.42 Å². The molecule has 2 atom stereocenters. The van der Waals surface area contributed by atoms with Crippen LogP contribution in [0.15, 0.2) is 12.7 Å². The van der Waals surface area contributed by atoms with E-state index in [9.17, 15) is 9.59 Å². The fourth-order valence-electron chi connectivity index (χ4n) is 1.46. The molecule has 2 amide bonds. The second kappa shape index (κ2) is 5.50. The number of rotatable bonds is 5. The van der Waals surface area contributed by atoms with Gasteiger partial charge in [-0.1, -0.05) is 6.08 Å². The third-order valence-corrected chi connectivity index (χ3v) is 2.28. The van der Waals surface area contributed by atoms with Crippen LogP contribution in [0.2, 0.25) is 0 Å². The minimum absolute atomic E-state index is 0.266. The SMILES string of the molecule is C=CC[C@H](NC(=O)[C@@H]1CCCO1)C(N)=O. The van der Waals surface area contributed by atoms with Crippen molar-refractivity contribution < 1.29 is 14.3 Å². The predicted molar refractivity (Wildman–Crippen MR) is 54.9 cm³/mol. The molecule has 0 aliphatic carbocycles. The highest BCUT2D eigenvalue weighted by Crippen LogP contribution is 2.12. The number of ether oxygens (including phenoxy) is 1. The van der Waals surface area contributed by atoms with Gasteiger partial charge in [0, 0.05) is 6.61 Å². The highest BCUT2D eigenvalue weighted by Gasteiger charge is 2.26. The van der Waals surface area contributed by atoms with Crippen LogP contribution in [0.1, 0.15) is 19.3 Å². The quantitative estimate of drug-likeness (QED) is 0.614. The fraction of sp³-hybridized carbons (Fsp3) is 0.600. The van der Waals surface area contributed by atoms with Gasteiger partial charge in [0.25, 0.3) is 0 Å². The Morgan fingerprint density at radius 1 is 1.67 bits per heavy atom. The summed E-state index contributed by atoms with van der Waals surface area (Å²) in [5, 5.41) is 2.55. The molecule has 1 aliphatic heterocycles. The van der Waals surface area contributed by atoms with Crippen LogP contribution in [0.3, 0.4) is 0 Å². The number of primary amides is 1. The number of amides is 2. The molecule has 0 aromatic heterocycles. The summed E-state index contributed by atoms with van der Waals surface area (Å²) in [5.41, 5.74) is 5.13. The van der Waals surface area contributed by atoms with E-state index in [1.807, 2.05) is 0 Å². The van der Waals surface area contributed by atoms with Crippen molar-refractivity contribution in [3.63, 3.8) is 0 Å². The molecule has 0 bridgehead atoms. The van der Waals surface area contributed by atoms with Crippen molar-refractivity contribution in [2.75, 3.05) is 6.61 Å². The summed E-state index contributed by atoms with van der Waals surface area (Å²) in [5.74, 6) is -0.820. The molecule has 84 valence electrons. The standard InChI is InChI=1S/C10H16N2O3/c1-2-4-7(9(11)13)12-10(14)8-5-3-6-15-8/h2,7-8H,1,3-6H2,(H2,11,13)(H,12,14)/t7-,8-/m0/s1. The van der Waals surface area contributed by atoms with Gasteiger partial charge < -0.3 is 15.8 Å². The van der Waals surface area contributed by atoms with Gasteiger partial charge in [-0.2, -0.15) is 0 Å². The van der Waals surface area contributed by atoms with E-state index in [4.69, 9.17) is 10.5 Å². The predicted octanol–water partition coefficient (Wildman–Crippen LogP) is -0.288. The van der Waals surface area contributed by atoms with Gasteiger partial charge in [-0.15, -0.1) is 6.58 Å². The van der Waals surface area contributed by atoms with Crippen LogP contribution in [0, 0.1) is 0 Å². The van der Waals surface area contributed by atoms with Gasteiger partial charge in [0.05, 0.1) is 0 Å². The Morgan fingerprint density at radius 2 is 2.40 bits per heavy atom. The van der Waals surface area contributed by atoms with E-state index < -0.39 is 18.1 Å². The van der Waals surface area contributed by atoms with Crippen molar-refractivity contribution >= 4 is 11.8 Å². The van der Waals surface area contributed by atoms with Crippen LogP contribution in [-0.2, 0) is 14.3 Å². The summed E-state index contributed by atoms with van der Waals surface area (Å²) in [6.07, 6.45) is 3.03. The van der Waals surface area contributed by atoms with E-state index >= 15 is 0 Å². The zero-order valence-corrected chi connectivity index (χ0v) is 8.57. The van der Waals surface area contributed by atoms with Gasteiger partial charge in [0.1, 0.15) is 12.1 Å². The van der Waals surface area contributed by atoms with Gasteiger partial charge in [0.15, 0.2) is 0 Å². The molecule has 0 aromatic rings. The molecule has 15 heavy (non-hydrogen) atoms. The van der Waals surface area contributed by atoms with Crippen molar-refractivity contribution in [3.05, 3.63) is 12.7 Å². The lowest BCUT2D eigenvalue weighted by atomic mass is 10.1. The summed E-state index contributed by atoms with van der Waals surface area (Å²) in [6, 6.07) is -0.681. The van der Waals surface area contributed by atoms with Crippen molar-refractivity contribution in [1.29, 1.82) is 0 Å². The smallest absolute Gasteiger partial charge is 0.249 e. The van der Waals surface area contributed by atoms with E-state index in [1.165, 1.54) is 0 Å². The maximum atomic E-state index is 11.6. The molecular formula is C10H16N2O3. The van der Waals surface area contributed by atoms with Crippen molar-refractivity contribution in [2.24, 2.45) is 5.73 Å². The first-order valence-electron chi connectivity index (χ1n) is 4.97. The van der Waals surface area contributed by atoms with Crippen LogP contribution in [-0.4, -0.2) is 30.6 Å². The molecule has 1 heterocycles. The Morgan fingerprint density at radius 3 is 2.87 bits per heavy atom. The van der Waals surface area contributed by atoms with Gasteiger partial charge in [-0.25, -0.2) is 0 Å². The molecule has 0 aromatic carbocycles. The highest BCUT2D eigenvalue weighted by atomic mass is 16.5. The topological polar surface area (TPSA) is 81.4 Å². The zero-order chi connectivity index (χ0) is 11.3. The molecule has 0 radical (unpaired) electrons. The molecule has 1 rings (SSSR count). The molecule has 1 saturated heterocycles. The lowest BCUT2D eigenvalue weighted by Crippen LogP contribution is -2.47. The number of hydrogen-bond donors (Lipinski definition) is 2. The number of hydrogen-bond acceptors (Lipinski definition) is 3. The maximum absolute atomic E-state index is 11.6. The second-order valence-corrected chi connectivity index (χ2v) is 3.49. The minimum Gasteiger partial charge on any atom is -0.368 e. The van der Waals surface area contributed by atoms with Gasteiger partial charge in [-0.05, 0) is 19.3 Å². The lowest BCUT2D eigenvalue weighted by molar-refractivity contribution is -0.133. The third kappa shape index (κ3) is 3.36. The number of nitrogens with two attached hydrogens (primary N) is 1. The average Bonchev–Trinajstić information content (AvgIpc) is 2.69. The molecule has 0 unspecified atom stereocenters. The van der Waals surface area contributed by atoms with Crippen LogP contribution in [0.25, 0.3) is 0 Å². The highest BCUT2D eigenvalue weighted by molar-refractivity contribution is 5.88. The van der Waals surface area contributed by atoms with Gasteiger partial charge in [0.2, 0.25) is 11.8 Å².